The molecule has 0 saturated heterocycles. The van der Waals surface area contributed by atoms with E-state index in [9.17, 15) is 0 Å². The van der Waals surface area contributed by atoms with Gasteiger partial charge in [-0.3, -0.25) is 9.05 Å². The van der Waals surface area contributed by atoms with Crippen molar-refractivity contribution in [3.05, 3.63) is 0 Å². The van der Waals surface area contributed by atoms with Crippen LogP contribution in [0.3, 0.4) is 0 Å². The van der Waals surface area contributed by atoms with Crippen LogP contribution >= 0.6 is 18.2 Å². The van der Waals surface area contributed by atoms with Gasteiger partial charge in [-0.25, -0.2) is 4.57 Å². The van der Waals surface area contributed by atoms with Crippen LogP contribution in [0, 0.1) is 0 Å². The van der Waals surface area contributed by atoms with Crippen molar-refractivity contribution >= 4 is 18.2 Å². The van der Waals surface area contributed by atoms with E-state index in [2.05, 4.69) is 62.3 Å². The molecule has 0 aromatic rings. The van der Waals surface area contributed by atoms with Crippen LogP contribution in [0.2, 0.25) is 0 Å². The van der Waals surface area contributed by atoms with Gasteiger partial charge in [0.2, 0.25) is 0 Å². The molecule has 0 N–H and O–H groups in total. The summed E-state index contributed by atoms with van der Waals surface area (Å²) < 4.78 is 28.8. The Labute approximate surface area is 225 Å². The van der Waals surface area contributed by atoms with Crippen molar-refractivity contribution in [3.63, 3.8) is 0 Å². The van der Waals surface area contributed by atoms with E-state index >= 15 is 4.57 Å². The molecule has 5 heteroatoms. The predicted molar refractivity (Wildman–Crippen MR) is 160 cm³/mol. The van der Waals surface area contributed by atoms with Crippen molar-refractivity contribution in [1.29, 1.82) is 0 Å². The van der Waals surface area contributed by atoms with E-state index in [0.29, 0.717) is 0 Å². The lowest BCUT2D eigenvalue weighted by Gasteiger charge is -2.43. The van der Waals surface area contributed by atoms with E-state index in [1.54, 1.807) is 11.4 Å². The molecule has 0 aliphatic heterocycles. The van der Waals surface area contributed by atoms with Crippen molar-refractivity contribution in [2.24, 2.45) is 0 Å². The zero-order valence-electron chi connectivity index (χ0n) is 25.3. The fourth-order valence-corrected chi connectivity index (χ4v) is 11.6. The molecule has 0 aromatic heterocycles. The zero-order chi connectivity index (χ0) is 26.8. The van der Waals surface area contributed by atoms with Crippen molar-refractivity contribution < 1.29 is 13.6 Å². The summed E-state index contributed by atoms with van der Waals surface area (Å²) in [6.45, 7) is 16.6. The zero-order valence-corrected chi connectivity index (χ0v) is 27.0. The van der Waals surface area contributed by atoms with Crippen LogP contribution in [-0.2, 0) is 13.6 Å². The first kappa shape index (κ1) is 35.5. The molecule has 0 atom stereocenters. The van der Waals surface area contributed by atoms with Gasteiger partial charge in [0.25, 0.3) is 0 Å². The number of rotatable bonds is 24. The average molecular weight is 535 g/mol. The lowest BCUT2D eigenvalue weighted by atomic mass is 9.91. The monoisotopic (exact) mass is 534 g/mol. The summed E-state index contributed by atoms with van der Waals surface area (Å²) in [6.07, 6.45) is 19.1. The number of unbranched alkanes of at least 4 members (excludes halogenated alkanes) is 6. The highest BCUT2D eigenvalue weighted by molar-refractivity contribution is 8.55. The van der Waals surface area contributed by atoms with E-state index in [-0.39, 0.29) is 15.9 Å². The number of hydrogen-bond acceptors (Lipinski definition) is 4. The quantitative estimate of drug-likeness (QED) is 0.0911. The Balaban J connectivity index is 6.31. The third kappa shape index (κ3) is 12.3. The second-order valence-corrected chi connectivity index (χ2v) is 15.0. The third-order valence-corrected chi connectivity index (χ3v) is 13.4. The largest absolute Gasteiger partial charge is 0.390 e. The molecule has 0 aliphatic carbocycles. The summed E-state index contributed by atoms with van der Waals surface area (Å²) in [5, 5.41) is 0. The molecule has 0 spiro atoms. The SMILES string of the molecule is CCCCCC(CC)(CC)OP(=O)(OC(CC)(CC)CCCCC)SC(CC)(CC)CCCCC. The van der Waals surface area contributed by atoms with Gasteiger partial charge in [-0.05, 0) is 69.2 Å². The molecular weight excluding hydrogens is 471 g/mol. The van der Waals surface area contributed by atoms with Gasteiger partial charge in [-0.2, -0.15) is 0 Å². The highest BCUT2D eigenvalue weighted by Gasteiger charge is 2.47. The molecule has 0 radical (unpaired) electrons. The summed E-state index contributed by atoms with van der Waals surface area (Å²) in [6, 6.07) is 0. The van der Waals surface area contributed by atoms with Crippen molar-refractivity contribution in [3.8, 4) is 0 Å². The Kier molecular flexibility index (Phi) is 19.0. The van der Waals surface area contributed by atoms with Gasteiger partial charge in [0.05, 0.1) is 11.2 Å². The van der Waals surface area contributed by atoms with Gasteiger partial charge in [0.1, 0.15) is 0 Å². The molecule has 212 valence electrons. The average Bonchev–Trinajstić information content (AvgIpc) is 2.87. The first-order valence-corrected chi connectivity index (χ1v) is 18.4. The molecular formula is C30H63O3PS. The minimum atomic E-state index is -3.41. The van der Waals surface area contributed by atoms with Crippen LogP contribution in [0.4, 0.5) is 0 Å². The first-order chi connectivity index (χ1) is 16.7. The van der Waals surface area contributed by atoms with Crippen LogP contribution in [-0.4, -0.2) is 15.9 Å². The van der Waals surface area contributed by atoms with Crippen LogP contribution in [0.1, 0.15) is 178 Å². The highest BCUT2D eigenvalue weighted by atomic mass is 32.7. The van der Waals surface area contributed by atoms with Crippen molar-refractivity contribution in [2.75, 3.05) is 0 Å². The summed E-state index contributed by atoms with van der Waals surface area (Å²) >= 11 is 1.59. The second-order valence-electron chi connectivity index (χ2n) is 10.8. The molecule has 0 saturated carbocycles. The van der Waals surface area contributed by atoms with Gasteiger partial charge in [0.15, 0.2) is 0 Å². The maximum absolute atomic E-state index is 15.0. The maximum Gasteiger partial charge on any atom is 0.390 e. The molecule has 35 heavy (non-hydrogen) atoms. The predicted octanol–water partition coefficient (Wildman–Crippen LogP) is 12.3. The van der Waals surface area contributed by atoms with Gasteiger partial charge in [-0.1, -0.05) is 120 Å². The van der Waals surface area contributed by atoms with Crippen molar-refractivity contribution in [1.82, 2.24) is 0 Å². The Hall–Kier alpha value is 0.500. The molecule has 0 aliphatic rings. The fourth-order valence-electron chi connectivity index (χ4n) is 5.19. The molecule has 0 unspecified atom stereocenters. The molecule has 0 amide bonds. The standard InChI is InChI=1S/C30H63O3PS/c1-10-19-22-25-28(13-4,14-5)32-34(31,33-29(15-6,16-7)26-23-20-11-2)35-30(17-8,18-9)27-24-21-12-3/h10-27H2,1-9H3. The first-order valence-electron chi connectivity index (χ1n) is 15.4. The van der Waals surface area contributed by atoms with Crippen LogP contribution in [0.5, 0.6) is 0 Å². The van der Waals surface area contributed by atoms with Gasteiger partial charge in [-0.15, -0.1) is 0 Å². The highest BCUT2D eigenvalue weighted by Crippen LogP contribution is 2.72. The van der Waals surface area contributed by atoms with Crippen LogP contribution < -0.4 is 0 Å². The Morgan fingerprint density at radius 1 is 0.514 bits per heavy atom. The summed E-state index contributed by atoms with van der Waals surface area (Å²) in [5.41, 5.74) is -0.740. The van der Waals surface area contributed by atoms with Gasteiger partial charge < -0.3 is 0 Å². The third-order valence-electron chi connectivity index (χ3n) is 8.49. The lowest BCUT2D eigenvalue weighted by molar-refractivity contribution is -0.00996. The topological polar surface area (TPSA) is 35.5 Å². The van der Waals surface area contributed by atoms with Crippen LogP contribution in [0.25, 0.3) is 0 Å². The second kappa shape index (κ2) is 18.7. The summed E-state index contributed by atoms with van der Waals surface area (Å²) in [5.74, 6) is 0. The molecule has 0 fully saturated rings. The maximum atomic E-state index is 15.0. The van der Waals surface area contributed by atoms with E-state index in [0.717, 1.165) is 70.6 Å². The smallest absolute Gasteiger partial charge is 0.294 e. The normalized spacial score (nSPS) is 13.5. The van der Waals surface area contributed by atoms with E-state index in [4.69, 9.17) is 9.05 Å². The van der Waals surface area contributed by atoms with Crippen LogP contribution in [0.15, 0.2) is 0 Å². The molecule has 0 bridgehead atoms. The number of hydrogen-bond donors (Lipinski definition) is 0. The molecule has 0 rings (SSSR count). The lowest BCUT2D eigenvalue weighted by Crippen LogP contribution is -2.35. The van der Waals surface area contributed by atoms with Crippen molar-refractivity contribution in [2.45, 2.75) is 194 Å². The molecule has 0 aromatic carbocycles. The summed E-state index contributed by atoms with van der Waals surface area (Å²) in [4.78, 5) is 0. The van der Waals surface area contributed by atoms with Gasteiger partial charge in [0, 0.05) is 4.75 Å². The Morgan fingerprint density at radius 2 is 0.857 bits per heavy atom. The van der Waals surface area contributed by atoms with E-state index in [1.165, 1.54) is 44.9 Å². The van der Waals surface area contributed by atoms with E-state index < -0.39 is 6.80 Å². The Morgan fingerprint density at radius 3 is 1.14 bits per heavy atom. The van der Waals surface area contributed by atoms with E-state index in [1.807, 2.05) is 0 Å². The fraction of sp³-hybridized carbons (Fsp3) is 1.00. The molecule has 3 nitrogen and oxygen atoms in total. The van der Waals surface area contributed by atoms with Gasteiger partial charge >= 0.3 is 6.80 Å². The summed E-state index contributed by atoms with van der Waals surface area (Å²) in [7, 11) is 0. The minimum absolute atomic E-state index is 0.0576. The molecule has 0 heterocycles. The minimum Gasteiger partial charge on any atom is -0.294 e. The Bertz CT molecular complexity index is 478.